The van der Waals surface area contributed by atoms with E-state index in [1.54, 1.807) is 6.92 Å². The standard InChI is InChI=1S/C32H46N2O4S/c1-10-39(37,38)34-32-15-13-27(2,3)18-20(32)25-22(35)17-24-29(6)19-21(33-9)26(36)28(4,5)23(29)11-12-30(24,7)31(25,8)14-16-32/h17,19-20,23,25,34H,10-16,18H2,1-8H3/t20?,23-,25?,29-,30+,31+,32-/m0/s1. The summed E-state index contributed by atoms with van der Waals surface area (Å²) in [6.45, 7) is 24.6. The third kappa shape index (κ3) is 3.76. The van der Waals surface area contributed by atoms with E-state index in [-0.39, 0.29) is 57.0 Å². The van der Waals surface area contributed by atoms with Gasteiger partial charge < -0.3 is 4.79 Å². The molecular weight excluding hydrogens is 508 g/mol. The second-order valence-electron chi connectivity index (χ2n) is 15.4. The molecule has 0 bridgehead atoms. The Bertz CT molecular complexity index is 1350. The van der Waals surface area contributed by atoms with Crippen LogP contribution in [0.4, 0.5) is 0 Å². The summed E-state index contributed by atoms with van der Waals surface area (Å²) in [5.74, 6) is -0.295. The molecule has 0 aliphatic heterocycles. The van der Waals surface area contributed by atoms with Crippen molar-refractivity contribution in [2.75, 3.05) is 5.75 Å². The van der Waals surface area contributed by atoms with Gasteiger partial charge in [-0.25, -0.2) is 18.0 Å². The molecule has 214 valence electrons. The molecule has 0 amide bonds. The molecule has 1 N–H and O–H groups in total. The van der Waals surface area contributed by atoms with Crippen LogP contribution in [0, 0.1) is 51.4 Å². The fraction of sp³-hybridized carbons (Fsp3) is 0.781. The Balaban J connectivity index is 1.69. The van der Waals surface area contributed by atoms with E-state index >= 15 is 0 Å². The van der Waals surface area contributed by atoms with Gasteiger partial charge in [-0.15, -0.1) is 0 Å². The predicted molar refractivity (Wildman–Crippen MR) is 153 cm³/mol. The number of sulfonamides is 1. The van der Waals surface area contributed by atoms with Crippen LogP contribution in [0.2, 0.25) is 0 Å². The van der Waals surface area contributed by atoms with Gasteiger partial charge in [-0.2, -0.15) is 0 Å². The maximum Gasteiger partial charge on any atom is 0.226 e. The van der Waals surface area contributed by atoms with Gasteiger partial charge in [-0.3, -0.25) is 4.79 Å². The van der Waals surface area contributed by atoms with Gasteiger partial charge in [0.05, 0.1) is 12.3 Å². The first kappa shape index (κ1) is 28.7. The summed E-state index contributed by atoms with van der Waals surface area (Å²) in [6, 6.07) is 0. The van der Waals surface area contributed by atoms with Gasteiger partial charge in [0.1, 0.15) is 0 Å². The molecule has 5 aliphatic rings. The molecule has 3 saturated carbocycles. The van der Waals surface area contributed by atoms with E-state index in [9.17, 15) is 18.0 Å². The van der Waals surface area contributed by atoms with Crippen molar-refractivity contribution < 1.29 is 18.0 Å². The van der Waals surface area contributed by atoms with Crippen LogP contribution in [-0.2, 0) is 19.6 Å². The van der Waals surface area contributed by atoms with Crippen LogP contribution in [0.1, 0.15) is 100 Å². The fourth-order valence-electron chi connectivity index (χ4n) is 10.2. The third-order valence-corrected chi connectivity index (χ3v) is 14.1. The summed E-state index contributed by atoms with van der Waals surface area (Å²) in [7, 11) is -3.45. The number of nitrogens with zero attached hydrogens (tertiary/aromatic N) is 1. The lowest BCUT2D eigenvalue weighted by molar-refractivity contribution is -0.159. The molecule has 0 spiro atoms. The molecule has 3 fully saturated rings. The van der Waals surface area contributed by atoms with Gasteiger partial charge in [0.2, 0.25) is 15.7 Å². The summed E-state index contributed by atoms with van der Waals surface area (Å²) in [5, 5.41) is 0. The zero-order valence-corrected chi connectivity index (χ0v) is 25.8. The van der Waals surface area contributed by atoms with Gasteiger partial charge in [0.25, 0.3) is 0 Å². The molecule has 0 aromatic heterocycles. The molecule has 6 nitrogen and oxygen atoms in total. The number of carbonyl (C=O) groups is 2. The average molecular weight is 555 g/mol. The third-order valence-electron chi connectivity index (χ3n) is 12.6. The number of allylic oxidation sites excluding steroid dienone is 4. The second kappa shape index (κ2) is 8.38. The number of rotatable bonds is 3. The van der Waals surface area contributed by atoms with Gasteiger partial charge in [-0.05, 0) is 86.0 Å². The Hall–Kier alpha value is -1.78. The molecule has 0 radical (unpaired) electrons. The van der Waals surface area contributed by atoms with E-state index in [1.807, 2.05) is 26.0 Å². The van der Waals surface area contributed by atoms with Crippen LogP contribution in [-0.4, -0.2) is 31.3 Å². The highest BCUT2D eigenvalue weighted by Gasteiger charge is 2.70. The van der Waals surface area contributed by atoms with Crippen LogP contribution in [0.15, 0.2) is 23.4 Å². The van der Waals surface area contributed by atoms with Crippen molar-refractivity contribution in [1.29, 1.82) is 0 Å². The van der Waals surface area contributed by atoms with Crippen LogP contribution in [0.3, 0.4) is 0 Å². The first-order chi connectivity index (χ1) is 17.8. The van der Waals surface area contributed by atoms with Crippen molar-refractivity contribution >= 4 is 21.6 Å². The summed E-state index contributed by atoms with van der Waals surface area (Å²) in [6.07, 6.45) is 9.48. The minimum atomic E-state index is -3.45. The number of nitrogens with one attached hydrogen (secondary N) is 1. The summed E-state index contributed by atoms with van der Waals surface area (Å²) < 4.78 is 29.1. The molecule has 2 unspecified atom stereocenters. The molecule has 0 saturated heterocycles. The molecule has 0 heterocycles. The Morgan fingerprint density at radius 1 is 1.00 bits per heavy atom. The van der Waals surface area contributed by atoms with Crippen molar-refractivity contribution in [2.24, 2.45) is 44.8 Å². The number of hydrogen-bond acceptors (Lipinski definition) is 4. The summed E-state index contributed by atoms with van der Waals surface area (Å²) in [4.78, 5) is 31.3. The van der Waals surface area contributed by atoms with Gasteiger partial charge in [-0.1, -0.05) is 60.1 Å². The molecule has 39 heavy (non-hydrogen) atoms. The Kier molecular flexibility index (Phi) is 6.18. The molecule has 7 atom stereocenters. The number of hydrogen-bond donors (Lipinski definition) is 1. The molecule has 5 aliphatic carbocycles. The minimum absolute atomic E-state index is 0.0166. The number of Topliss-reactive ketones (excluding diaryl/α,β-unsaturated/α-hetero) is 1. The van der Waals surface area contributed by atoms with Crippen molar-refractivity contribution in [3.8, 4) is 0 Å². The fourth-order valence-corrected chi connectivity index (χ4v) is 11.3. The lowest BCUT2D eigenvalue weighted by atomic mass is 9.35. The predicted octanol–water partition coefficient (Wildman–Crippen LogP) is 6.25. The zero-order valence-electron chi connectivity index (χ0n) is 25.0. The van der Waals surface area contributed by atoms with Crippen LogP contribution in [0.5, 0.6) is 0 Å². The Morgan fingerprint density at radius 2 is 1.64 bits per heavy atom. The summed E-state index contributed by atoms with van der Waals surface area (Å²) >= 11 is 0. The molecule has 5 rings (SSSR count). The van der Waals surface area contributed by atoms with Crippen LogP contribution in [0.25, 0.3) is 4.85 Å². The van der Waals surface area contributed by atoms with Crippen LogP contribution < -0.4 is 4.72 Å². The van der Waals surface area contributed by atoms with E-state index < -0.39 is 26.4 Å². The van der Waals surface area contributed by atoms with E-state index in [4.69, 9.17) is 6.57 Å². The SMILES string of the molecule is [C-]#[N+]C1=C[C@]2(C)C3=CC(=O)C4C5CC(C)(C)CC[C@]5(NS(=O)(=O)CC)CC[C@@]4(C)[C@]3(C)CC[C@H]2C(C)(C)C1=O. The highest BCUT2D eigenvalue weighted by molar-refractivity contribution is 7.89. The maximum absolute atomic E-state index is 14.5. The minimum Gasteiger partial charge on any atom is -0.307 e. The van der Waals surface area contributed by atoms with Crippen molar-refractivity contribution in [3.05, 3.63) is 34.8 Å². The Labute approximate surface area is 235 Å². The average Bonchev–Trinajstić information content (AvgIpc) is 2.83. The number of carbonyl (C=O) groups excluding carboxylic acids is 2. The Morgan fingerprint density at radius 3 is 2.26 bits per heavy atom. The molecule has 0 aromatic rings. The van der Waals surface area contributed by atoms with E-state index in [0.717, 1.165) is 50.5 Å². The highest BCUT2D eigenvalue weighted by atomic mass is 32.2. The number of fused-ring (bicyclic) bond motifs is 7. The van der Waals surface area contributed by atoms with E-state index in [0.29, 0.717) is 0 Å². The molecule has 7 heteroatoms. The topological polar surface area (TPSA) is 84.7 Å². The maximum atomic E-state index is 14.5. The smallest absolute Gasteiger partial charge is 0.226 e. The van der Waals surface area contributed by atoms with Crippen molar-refractivity contribution in [2.45, 2.75) is 106 Å². The van der Waals surface area contributed by atoms with Crippen molar-refractivity contribution in [3.63, 3.8) is 0 Å². The lowest BCUT2D eigenvalue weighted by Crippen LogP contribution is -2.69. The largest absolute Gasteiger partial charge is 0.307 e. The van der Waals surface area contributed by atoms with Gasteiger partial charge >= 0.3 is 0 Å². The van der Waals surface area contributed by atoms with E-state index in [1.165, 1.54) is 0 Å². The van der Waals surface area contributed by atoms with Gasteiger partial charge in [0.15, 0.2) is 11.6 Å². The molecule has 0 aromatic carbocycles. The van der Waals surface area contributed by atoms with Gasteiger partial charge in [0, 0.05) is 22.3 Å². The highest BCUT2D eigenvalue weighted by Crippen LogP contribution is 2.73. The van der Waals surface area contributed by atoms with Crippen LogP contribution >= 0.6 is 0 Å². The number of ketones is 2. The second-order valence-corrected chi connectivity index (χ2v) is 17.4. The zero-order chi connectivity index (χ0) is 29.0. The molecular formula is C32H46N2O4S. The van der Waals surface area contributed by atoms with Crippen molar-refractivity contribution in [1.82, 2.24) is 4.72 Å². The monoisotopic (exact) mass is 554 g/mol. The van der Waals surface area contributed by atoms with E-state index in [2.05, 4.69) is 44.2 Å². The first-order valence-electron chi connectivity index (χ1n) is 14.8. The summed E-state index contributed by atoms with van der Waals surface area (Å²) in [5.41, 5.74) is -1.18. The first-order valence-corrected chi connectivity index (χ1v) is 16.4. The normalized spacial score (nSPS) is 44.5. The lowest BCUT2D eigenvalue weighted by Gasteiger charge is -2.69. The quantitative estimate of drug-likeness (QED) is 0.418.